The molecule has 70 valence electrons. The van der Waals surface area contributed by atoms with Crippen molar-refractivity contribution in [3.8, 4) is 0 Å². The monoisotopic (exact) mass is 178 g/mol. The highest BCUT2D eigenvalue weighted by molar-refractivity contribution is 5.33. The van der Waals surface area contributed by atoms with E-state index < -0.39 is 0 Å². The molecule has 4 nitrogen and oxygen atoms in total. The van der Waals surface area contributed by atoms with Crippen molar-refractivity contribution in [1.29, 1.82) is 0 Å². The van der Waals surface area contributed by atoms with Crippen molar-refractivity contribution in [3.05, 3.63) is 18.1 Å². The molecule has 4 heteroatoms. The van der Waals surface area contributed by atoms with Gasteiger partial charge in [-0.3, -0.25) is 0 Å². The molecule has 2 rings (SSSR count). The van der Waals surface area contributed by atoms with Crippen molar-refractivity contribution in [3.63, 3.8) is 0 Å². The molecule has 0 amide bonds. The number of aromatic nitrogens is 2. The predicted octanol–water partition coefficient (Wildman–Crippen LogP) is 0.757. The van der Waals surface area contributed by atoms with Crippen molar-refractivity contribution in [2.75, 3.05) is 11.9 Å². The highest BCUT2D eigenvalue weighted by atomic mass is 15.0. The average molecular weight is 178 g/mol. The maximum atomic E-state index is 5.43. The van der Waals surface area contributed by atoms with E-state index in [2.05, 4.69) is 15.3 Å². The minimum atomic E-state index is 0.402. The van der Waals surface area contributed by atoms with Crippen LogP contribution in [0.15, 0.2) is 12.3 Å². The largest absolute Gasteiger partial charge is 0.370 e. The summed E-state index contributed by atoms with van der Waals surface area (Å²) in [4.78, 5) is 8.27. The predicted molar refractivity (Wildman–Crippen MR) is 51.1 cm³/mol. The van der Waals surface area contributed by atoms with Crippen LogP contribution in [0.2, 0.25) is 0 Å². The zero-order valence-corrected chi connectivity index (χ0v) is 7.53. The molecule has 1 saturated carbocycles. The third kappa shape index (κ3) is 2.39. The first-order chi connectivity index (χ1) is 6.38. The van der Waals surface area contributed by atoms with Gasteiger partial charge in [0.1, 0.15) is 11.6 Å². The topological polar surface area (TPSA) is 63.8 Å². The fourth-order valence-corrected chi connectivity index (χ4v) is 1.17. The van der Waals surface area contributed by atoms with Crippen LogP contribution < -0.4 is 11.1 Å². The summed E-state index contributed by atoms with van der Waals surface area (Å²) in [5.74, 6) is 2.44. The van der Waals surface area contributed by atoms with Crippen LogP contribution in [0.1, 0.15) is 18.7 Å². The molecule has 0 aromatic carbocycles. The first-order valence-electron chi connectivity index (χ1n) is 4.64. The van der Waals surface area contributed by atoms with Gasteiger partial charge in [0, 0.05) is 12.7 Å². The van der Waals surface area contributed by atoms with E-state index in [9.17, 15) is 0 Å². The van der Waals surface area contributed by atoms with Crippen LogP contribution in [-0.2, 0) is 6.54 Å². The summed E-state index contributed by atoms with van der Waals surface area (Å²) in [6.45, 7) is 1.43. The Hall–Kier alpha value is -1.16. The van der Waals surface area contributed by atoms with Gasteiger partial charge in [-0.1, -0.05) is 0 Å². The number of nitrogens with zero attached hydrogens (tertiary/aromatic N) is 2. The molecule has 1 aromatic rings. The van der Waals surface area contributed by atoms with Gasteiger partial charge < -0.3 is 11.1 Å². The molecule has 1 aliphatic rings. The zero-order chi connectivity index (χ0) is 9.10. The highest BCUT2D eigenvalue weighted by Crippen LogP contribution is 2.28. The van der Waals surface area contributed by atoms with Gasteiger partial charge in [0.2, 0.25) is 0 Å². The second-order valence-electron chi connectivity index (χ2n) is 3.39. The summed E-state index contributed by atoms with van der Waals surface area (Å²) in [5.41, 5.74) is 5.43. The molecule has 1 fully saturated rings. The van der Waals surface area contributed by atoms with Gasteiger partial charge in [-0.15, -0.1) is 0 Å². The lowest BCUT2D eigenvalue weighted by Crippen LogP contribution is -2.08. The Morgan fingerprint density at radius 1 is 1.54 bits per heavy atom. The second kappa shape index (κ2) is 3.70. The number of hydrogen-bond donors (Lipinski definition) is 2. The Balaban J connectivity index is 1.93. The Morgan fingerprint density at radius 3 is 3.08 bits per heavy atom. The summed E-state index contributed by atoms with van der Waals surface area (Å²) in [6.07, 6.45) is 4.44. The fourth-order valence-electron chi connectivity index (χ4n) is 1.17. The summed E-state index contributed by atoms with van der Waals surface area (Å²) in [7, 11) is 0. The molecule has 1 aliphatic carbocycles. The number of hydrogen-bond acceptors (Lipinski definition) is 4. The molecule has 0 aliphatic heterocycles. The molecule has 0 saturated heterocycles. The lowest BCUT2D eigenvalue weighted by Gasteiger charge is -2.04. The third-order valence-corrected chi connectivity index (χ3v) is 2.16. The Morgan fingerprint density at radius 2 is 2.38 bits per heavy atom. The van der Waals surface area contributed by atoms with Crippen molar-refractivity contribution in [2.45, 2.75) is 19.4 Å². The summed E-state index contributed by atoms with van der Waals surface area (Å²) >= 11 is 0. The standard InChI is InChI=1S/C9H14N4/c10-5-9-11-4-3-8(13-9)12-6-7-1-2-7/h3-4,7H,1-2,5-6,10H2,(H,11,12,13). The van der Waals surface area contributed by atoms with E-state index in [0.717, 1.165) is 18.3 Å². The fraction of sp³-hybridized carbons (Fsp3) is 0.556. The SMILES string of the molecule is NCc1nccc(NCC2CC2)n1. The number of nitrogens with one attached hydrogen (secondary N) is 1. The van der Waals surface area contributed by atoms with Crippen molar-refractivity contribution < 1.29 is 0 Å². The van der Waals surface area contributed by atoms with Crippen LogP contribution in [0.3, 0.4) is 0 Å². The molecular formula is C9H14N4. The van der Waals surface area contributed by atoms with Gasteiger partial charge in [-0.05, 0) is 24.8 Å². The van der Waals surface area contributed by atoms with Gasteiger partial charge in [-0.2, -0.15) is 0 Å². The molecule has 0 radical (unpaired) electrons. The van der Waals surface area contributed by atoms with Gasteiger partial charge in [0.05, 0.1) is 6.54 Å². The van der Waals surface area contributed by atoms with Crippen LogP contribution in [0.25, 0.3) is 0 Å². The first kappa shape index (κ1) is 8.44. The minimum absolute atomic E-state index is 0.402. The van der Waals surface area contributed by atoms with E-state index in [1.165, 1.54) is 12.8 Å². The van der Waals surface area contributed by atoms with Gasteiger partial charge in [0.25, 0.3) is 0 Å². The normalized spacial score (nSPS) is 15.8. The number of nitrogens with two attached hydrogens (primary N) is 1. The van der Waals surface area contributed by atoms with E-state index in [0.29, 0.717) is 12.4 Å². The van der Waals surface area contributed by atoms with Gasteiger partial charge >= 0.3 is 0 Å². The minimum Gasteiger partial charge on any atom is -0.370 e. The quantitative estimate of drug-likeness (QED) is 0.714. The van der Waals surface area contributed by atoms with E-state index in [1.54, 1.807) is 6.20 Å². The van der Waals surface area contributed by atoms with Crippen LogP contribution in [0, 0.1) is 5.92 Å². The van der Waals surface area contributed by atoms with Crippen molar-refractivity contribution in [1.82, 2.24) is 9.97 Å². The molecule has 0 spiro atoms. The van der Waals surface area contributed by atoms with E-state index in [1.807, 2.05) is 6.07 Å². The van der Waals surface area contributed by atoms with Crippen LogP contribution in [-0.4, -0.2) is 16.5 Å². The molecule has 0 unspecified atom stereocenters. The molecule has 3 N–H and O–H groups in total. The molecule has 1 heterocycles. The lowest BCUT2D eigenvalue weighted by atomic mass is 10.4. The Labute approximate surface area is 77.6 Å². The zero-order valence-electron chi connectivity index (χ0n) is 7.53. The van der Waals surface area contributed by atoms with E-state index in [-0.39, 0.29) is 0 Å². The molecule has 1 aromatic heterocycles. The average Bonchev–Trinajstić information content (AvgIpc) is 2.99. The molecule has 0 atom stereocenters. The lowest BCUT2D eigenvalue weighted by molar-refractivity contribution is 0.863. The smallest absolute Gasteiger partial charge is 0.144 e. The maximum Gasteiger partial charge on any atom is 0.144 e. The first-order valence-corrected chi connectivity index (χ1v) is 4.64. The van der Waals surface area contributed by atoms with Gasteiger partial charge in [0.15, 0.2) is 0 Å². The van der Waals surface area contributed by atoms with Crippen LogP contribution in [0.5, 0.6) is 0 Å². The summed E-state index contributed by atoms with van der Waals surface area (Å²) < 4.78 is 0. The third-order valence-electron chi connectivity index (χ3n) is 2.16. The van der Waals surface area contributed by atoms with E-state index in [4.69, 9.17) is 5.73 Å². The molecular weight excluding hydrogens is 164 g/mol. The van der Waals surface area contributed by atoms with E-state index >= 15 is 0 Å². The molecule has 13 heavy (non-hydrogen) atoms. The second-order valence-corrected chi connectivity index (χ2v) is 3.39. The van der Waals surface area contributed by atoms with Crippen molar-refractivity contribution in [2.24, 2.45) is 11.7 Å². The van der Waals surface area contributed by atoms with Crippen molar-refractivity contribution >= 4 is 5.82 Å². The maximum absolute atomic E-state index is 5.43. The highest BCUT2D eigenvalue weighted by Gasteiger charge is 2.20. The molecule has 0 bridgehead atoms. The van der Waals surface area contributed by atoms with Gasteiger partial charge in [-0.25, -0.2) is 9.97 Å². The number of anilines is 1. The number of rotatable bonds is 4. The Kier molecular flexibility index (Phi) is 2.40. The van der Waals surface area contributed by atoms with Crippen LogP contribution >= 0.6 is 0 Å². The Bertz CT molecular complexity index is 283. The summed E-state index contributed by atoms with van der Waals surface area (Å²) in [5, 5.41) is 3.27. The van der Waals surface area contributed by atoms with Crippen LogP contribution in [0.4, 0.5) is 5.82 Å². The summed E-state index contributed by atoms with van der Waals surface area (Å²) in [6, 6.07) is 1.88.